The summed E-state index contributed by atoms with van der Waals surface area (Å²) in [6, 6.07) is 24.8. The first-order chi connectivity index (χ1) is 36.7. The number of amides is 2. The molecule has 0 aliphatic heterocycles. The number of benzene rings is 6. The maximum absolute atomic E-state index is 13.4. The number of nitrogens with zero attached hydrogens (tertiary/aromatic N) is 6. The third-order valence-corrected chi connectivity index (χ3v) is 12.4. The number of nitrogens with one attached hydrogen (secondary N) is 4. The average Bonchev–Trinajstić information content (AvgIpc) is 3.35. The Kier molecular flexibility index (Phi) is 27.6. The number of carbonyl (C=O) groups is 4. The number of allylic oxidation sites excluding steroid dienone is 2. The first-order valence-corrected chi connectivity index (χ1v) is 25.0. The van der Waals surface area contributed by atoms with Gasteiger partial charge >= 0.3 is 11.9 Å². The molecule has 0 aliphatic rings. The van der Waals surface area contributed by atoms with Crippen LogP contribution in [0.25, 0.3) is 11.1 Å². The molecule has 2 amide bonds. The number of rotatable bonds is 17. The van der Waals surface area contributed by atoms with Crippen molar-refractivity contribution >= 4 is 220 Å². The molecule has 6 rings (SSSR count). The van der Waals surface area contributed by atoms with Crippen molar-refractivity contribution in [2.75, 3.05) is 21.3 Å². The van der Waals surface area contributed by atoms with Crippen LogP contribution in [0.3, 0.4) is 0 Å². The molecule has 6 aromatic rings. The van der Waals surface area contributed by atoms with Crippen LogP contribution in [0.4, 0.5) is 45.5 Å². The molecule has 12 N–H and O–H groups in total. The van der Waals surface area contributed by atoms with Gasteiger partial charge in [-0.3, -0.25) is 18.7 Å². The van der Waals surface area contributed by atoms with Gasteiger partial charge in [0.05, 0.1) is 32.3 Å². The van der Waals surface area contributed by atoms with Gasteiger partial charge in [-0.05, 0) is 159 Å². The summed E-state index contributed by atoms with van der Waals surface area (Å²) in [5, 5.41) is 86.9. The van der Waals surface area contributed by atoms with E-state index in [1.807, 2.05) is 0 Å². The fraction of sp³-hybridized carbons (Fsp3) is 0.0800. The summed E-state index contributed by atoms with van der Waals surface area (Å²) in [4.78, 5) is 58.2. The molecular weight excluding hydrogens is 1150 g/mol. The van der Waals surface area contributed by atoms with Crippen LogP contribution in [0.2, 0.25) is 0 Å². The number of carbonyl (C=O) groups excluding carboxylic acids is 2. The third-order valence-electron chi connectivity index (χ3n) is 10.6. The Hall–Kier alpha value is -6.16. The standard InChI is InChI=1S/C50H44N10O16S2.4Na/c1-25-21-29(5-17-39(25)55-45(63)43(27(3)61)59-57-41-19-11-33(23-37(41)47(65)66)53-49(69)51-31-7-13-35(14-8-31)77(71,72)73)30-6-18-40(26(2)22-30)56-46(64)44(28(4)62)60-58-42-20-12-34(24-38(42)48(67)68)54-50(70)52-32-9-15-36(16-10-32)78(74,75)76;;;;/h5-24,61-62H,1-4H3,(H,55,63)(H,56,64)(H,65,66)(H,67,68)(H2,51,53,69)(H2,52,54,70)(H,71,72,73)(H,74,75,76);;;;. The van der Waals surface area contributed by atoms with Crippen LogP contribution >= 0.6 is 0 Å². The summed E-state index contributed by atoms with van der Waals surface area (Å²) < 4.78 is 63.5. The number of aliphatic hydroxyl groups excluding tert-OH is 4. The first-order valence-electron chi connectivity index (χ1n) is 22.1. The third kappa shape index (κ3) is 20.0. The average molecular weight is 1200 g/mol. The maximum Gasteiger partial charge on any atom is 0.338 e. The summed E-state index contributed by atoms with van der Waals surface area (Å²) in [5.74, 6) is -5.87. The Morgan fingerprint density at radius 2 is 0.768 bits per heavy atom. The second-order valence-electron chi connectivity index (χ2n) is 16.4. The summed E-state index contributed by atoms with van der Waals surface area (Å²) >= 11 is 0. The topological polar surface area (TPSA) is 421 Å². The zero-order valence-corrected chi connectivity index (χ0v) is 54.5. The van der Waals surface area contributed by atoms with E-state index < -0.39 is 90.1 Å². The molecule has 4 radical (unpaired) electrons. The molecule has 406 valence electrons. The van der Waals surface area contributed by atoms with Gasteiger partial charge in [-0.15, -0.1) is 20.5 Å². The summed E-state index contributed by atoms with van der Waals surface area (Å²) in [6.45, 7) is 5.72. The molecule has 0 saturated carbocycles. The minimum absolute atomic E-state index is 0. The SMILES string of the molecule is CC(O)=C(N=Nc1ccc(N=C(O)Nc2ccc(S(=O)(=O)O)cc2)cc1C(=O)O)C(=O)Nc1ccc(-c2ccc(NC(=O)C(N=Nc3ccc(N=C(O)Nc4ccc(S(=O)(=O)O)cc4)cc3C(=O)O)=C(C)O)c(C)c2)cc1C.[Na].[Na].[Na].[Na]. The molecule has 0 heterocycles. The minimum Gasteiger partial charge on any atom is -0.510 e. The number of aliphatic hydroxyl groups is 4. The van der Waals surface area contributed by atoms with Crippen molar-refractivity contribution in [1.29, 1.82) is 0 Å². The number of amidine groups is 2. The largest absolute Gasteiger partial charge is 0.510 e. The number of azo groups is 2. The van der Waals surface area contributed by atoms with Crippen LogP contribution < -0.4 is 21.3 Å². The normalized spacial score (nSPS) is 12.3. The van der Waals surface area contributed by atoms with Gasteiger partial charge in [0.1, 0.15) is 22.9 Å². The molecule has 26 nitrogen and oxygen atoms in total. The monoisotopic (exact) mass is 1200 g/mol. The number of carboxylic acid groups (broad SMARTS) is 2. The number of aromatic carboxylic acids is 2. The van der Waals surface area contributed by atoms with Crippen LogP contribution in [-0.2, 0) is 29.8 Å². The van der Waals surface area contributed by atoms with Crippen molar-refractivity contribution in [1.82, 2.24) is 0 Å². The predicted molar refractivity (Wildman–Crippen MR) is 307 cm³/mol. The second-order valence-corrected chi connectivity index (χ2v) is 19.2. The summed E-state index contributed by atoms with van der Waals surface area (Å²) in [5.41, 5.74) is 0.818. The predicted octanol–water partition coefficient (Wildman–Crippen LogP) is 8.68. The molecule has 0 bridgehead atoms. The molecule has 0 fully saturated rings. The fourth-order valence-corrected chi connectivity index (χ4v) is 7.75. The van der Waals surface area contributed by atoms with E-state index in [-0.39, 0.29) is 162 Å². The van der Waals surface area contributed by atoms with E-state index in [0.29, 0.717) is 33.6 Å². The molecule has 0 aromatic heterocycles. The van der Waals surface area contributed by atoms with Crippen LogP contribution in [0.1, 0.15) is 45.7 Å². The van der Waals surface area contributed by atoms with Crippen LogP contribution in [0, 0.1) is 13.8 Å². The van der Waals surface area contributed by atoms with E-state index in [2.05, 4.69) is 51.7 Å². The van der Waals surface area contributed by atoms with E-state index in [0.717, 1.165) is 36.4 Å². The quantitative estimate of drug-likeness (QED) is 0.00772. The number of aryl methyl sites for hydroxylation is 2. The maximum atomic E-state index is 13.4. The molecule has 82 heavy (non-hydrogen) atoms. The number of hydrogen-bond acceptors (Lipinski definition) is 16. The van der Waals surface area contributed by atoms with Gasteiger partial charge in [0.2, 0.25) is 0 Å². The molecule has 0 saturated heterocycles. The Morgan fingerprint density at radius 1 is 0.439 bits per heavy atom. The van der Waals surface area contributed by atoms with Gasteiger partial charge in [0.15, 0.2) is 11.4 Å². The second kappa shape index (κ2) is 31.5. The molecule has 0 atom stereocenters. The number of carboxylic acids is 2. The first kappa shape index (κ1) is 71.9. The van der Waals surface area contributed by atoms with E-state index in [4.69, 9.17) is 9.11 Å². The Labute approximate surface area is 556 Å². The Bertz CT molecular complexity index is 3590. The van der Waals surface area contributed by atoms with E-state index >= 15 is 0 Å². The fourth-order valence-electron chi connectivity index (χ4n) is 6.79. The van der Waals surface area contributed by atoms with E-state index in [1.54, 1.807) is 50.2 Å². The molecule has 32 heteroatoms. The molecule has 0 unspecified atom stereocenters. The van der Waals surface area contributed by atoms with Crippen LogP contribution in [-0.4, -0.2) is 211 Å². The molecule has 0 spiro atoms. The molecule has 6 aromatic carbocycles. The summed E-state index contributed by atoms with van der Waals surface area (Å²) in [6.07, 6.45) is 0. The number of hydrogen-bond donors (Lipinski definition) is 12. The molecule has 0 aliphatic carbocycles. The van der Waals surface area contributed by atoms with Gasteiger partial charge in [-0.2, -0.15) is 26.8 Å². The number of anilines is 4. The zero-order valence-electron chi connectivity index (χ0n) is 44.9. The van der Waals surface area contributed by atoms with Gasteiger partial charge in [0.25, 0.3) is 44.1 Å². The van der Waals surface area contributed by atoms with Gasteiger partial charge in [-0.25, -0.2) is 9.59 Å². The zero-order chi connectivity index (χ0) is 57.2. The van der Waals surface area contributed by atoms with Crippen molar-refractivity contribution in [2.24, 2.45) is 30.4 Å². The van der Waals surface area contributed by atoms with E-state index in [1.165, 1.54) is 62.4 Å². The van der Waals surface area contributed by atoms with Gasteiger partial charge in [-0.1, -0.05) is 12.1 Å². The van der Waals surface area contributed by atoms with Crippen molar-refractivity contribution in [3.8, 4) is 11.1 Å². The Morgan fingerprint density at radius 3 is 1.05 bits per heavy atom. The summed E-state index contributed by atoms with van der Waals surface area (Å²) in [7, 11) is -8.91. The molecular formula is C50H44N10Na4O16S2. The van der Waals surface area contributed by atoms with Crippen molar-refractivity contribution in [3.63, 3.8) is 0 Å². The van der Waals surface area contributed by atoms with Gasteiger partial charge < -0.3 is 51.9 Å². The van der Waals surface area contributed by atoms with Gasteiger partial charge in [0, 0.05) is 141 Å². The van der Waals surface area contributed by atoms with Crippen LogP contribution in [0.15, 0.2) is 184 Å². The number of aliphatic imine (C=N–C) groups is 2. The van der Waals surface area contributed by atoms with Crippen LogP contribution in [0.5, 0.6) is 0 Å². The smallest absolute Gasteiger partial charge is 0.338 e. The van der Waals surface area contributed by atoms with Crippen molar-refractivity contribution in [2.45, 2.75) is 37.5 Å². The minimum atomic E-state index is -4.45. The Balaban J connectivity index is 0.00000574. The van der Waals surface area contributed by atoms with Crippen molar-refractivity contribution in [3.05, 3.63) is 166 Å². The van der Waals surface area contributed by atoms with Crippen molar-refractivity contribution < 1.29 is 75.8 Å². The van der Waals surface area contributed by atoms with E-state index in [9.17, 15) is 66.7 Å².